The highest BCUT2D eigenvalue weighted by atomic mass is 32.1. The molecule has 0 unspecified atom stereocenters. The van der Waals surface area contributed by atoms with Crippen LogP contribution in [0.25, 0.3) is 15.5 Å². The molecule has 80 valence electrons. The fourth-order valence-electron chi connectivity index (χ4n) is 1.35. The third kappa shape index (κ3) is 1.33. The molecule has 0 aliphatic carbocycles. The Morgan fingerprint density at radius 3 is 3.06 bits per heavy atom. The van der Waals surface area contributed by atoms with Crippen LogP contribution in [0.5, 0.6) is 5.75 Å². The maximum Gasteiger partial charge on any atom is 0.234 e. The van der Waals surface area contributed by atoms with Gasteiger partial charge in [0.2, 0.25) is 4.96 Å². The third-order valence-electron chi connectivity index (χ3n) is 2.08. The minimum Gasteiger partial charge on any atom is -0.507 e. The Morgan fingerprint density at radius 1 is 1.38 bits per heavy atom. The number of halogens is 1. The summed E-state index contributed by atoms with van der Waals surface area (Å²) in [5, 5.41) is 21.7. The Hall–Kier alpha value is -2.02. The number of fused-ring (bicyclic) bond motifs is 1. The Bertz CT molecular complexity index is 634. The van der Waals surface area contributed by atoms with Crippen LogP contribution in [0.1, 0.15) is 0 Å². The van der Waals surface area contributed by atoms with Gasteiger partial charge < -0.3 is 5.11 Å². The number of aromatic hydroxyl groups is 1. The second-order valence-corrected chi connectivity index (χ2v) is 4.08. The van der Waals surface area contributed by atoms with Crippen molar-refractivity contribution < 1.29 is 9.50 Å². The molecule has 0 saturated carbocycles. The first-order chi connectivity index (χ1) is 7.74. The average molecular weight is 236 g/mol. The number of rotatable bonds is 1. The first kappa shape index (κ1) is 9.22. The van der Waals surface area contributed by atoms with E-state index in [2.05, 4.69) is 15.3 Å². The summed E-state index contributed by atoms with van der Waals surface area (Å²) < 4.78 is 14.5. The van der Waals surface area contributed by atoms with Crippen molar-refractivity contribution in [2.24, 2.45) is 0 Å². The SMILES string of the molecule is Oc1ccc(F)cc1-c1nn2cnnc2s1. The second-order valence-electron chi connectivity index (χ2n) is 3.13. The number of nitrogens with zero attached hydrogens (tertiary/aromatic N) is 4. The molecule has 0 saturated heterocycles. The van der Waals surface area contributed by atoms with E-state index in [0.717, 1.165) is 0 Å². The molecule has 3 rings (SSSR count). The molecule has 0 spiro atoms. The summed E-state index contributed by atoms with van der Waals surface area (Å²) in [5.74, 6) is -0.426. The van der Waals surface area contributed by atoms with Crippen molar-refractivity contribution in [2.45, 2.75) is 0 Å². The van der Waals surface area contributed by atoms with Crippen molar-refractivity contribution in [3.8, 4) is 16.3 Å². The molecule has 0 bridgehead atoms. The lowest BCUT2D eigenvalue weighted by Gasteiger charge is -1.99. The molecule has 3 aromatic rings. The van der Waals surface area contributed by atoms with E-state index < -0.39 is 5.82 Å². The number of hydrogen-bond acceptors (Lipinski definition) is 5. The highest BCUT2D eigenvalue weighted by molar-refractivity contribution is 7.19. The zero-order valence-corrected chi connectivity index (χ0v) is 8.65. The Balaban J connectivity index is 2.22. The van der Waals surface area contributed by atoms with Crippen molar-refractivity contribution in [2.75, 3.05) is 0 Å². The summed E-state index contributed by atoms with van der Waals surface area (Å²) in [4.78, 5) is 0.596. The first-order valence-electron chi connectivity index (χ1n) is 4.40. The summed E-state index contributed by atoms with van der Waals surface area (Å²) in [7, 11) is 0. The Kier molecular flexibility index (Phi) is 1.87. The standard InChI is InChI=1S/C9H5FN4OS/c10-5-1-2-7(15)6(3-5)8-13-14-4-11-12-9(14)16-8/h1-4,15H. The first-order valence-corrected chi connectivity index (χ1v) is 5.21. The quantitative estimate of drug-likeness (QED) is 0.698. The molecule has 7 heteroatoms. The predicted molar refractivity (Wildman–Crippen MR) is 55.7 cm³/mol. The van der Waals surface area contributed by atoms with Crippen LogP contribution in [0.3, 0.4) is 0 Å². The molecule has 0 amide bonds. The fourth-order valence-corrected chi connectivity index (χ4v) is 2.19. The minimum absolute atomic E-state index is 0.00800. The van der Waals surface area contributed by atoms with Crippen LogP contribution in [0.4, 0.5) is 4.39 Å². The number of hydrogen-bond donors (Lipinski definition) is 1. The molecule has 1 aromatic carbocycles. The highest BCUT2D eigenvalue weighted by Gasteiger charge is 2.12. The van der Waals surface area contributed by atoms with Crippen LogP contribution in [0.2, 0.25) is 0 Å². The van der Waals surface area contributed by atoms with Crippen LogP contribution in [-0.2, 0) is 0 Å². The lowest BCUT2D eigenvalue weighted by Crippen LogP contribution is -1.84. The van der Waals surface area contributed by atoms with E-state index in [1.807, 2.05) is 0 Å². The molecule has 0 aliphatic rings. The van der Waals surface area contributed by atoms with Crippen molar-refractivity contribution in [3.05, 3.63) is 30.3 Å². The normalized spacial score (nSPS) is 11.1. The zero-order chi connectivity index (χ0) is 11.1. The maximum absolute atomic E-state index is 13.0. The van der Waals surface area contributed by atoms with Gasteiger partial charge >= 0.3 is 0 Å². The van der Waals surface area contributed by atoms with E-state index >= 15 is 0 Å². The predicted octanol–water partition coefficient (Wildman–Crippen LogP) is 1.70. The van der Waals surface area contributed by atoms with Gasteiger partial charge in [0.25, 0.3) is 0 Å². The lowest BCUT2D eigenvalue weighted by molar-refractivity contribution is 0.475. The maximum atomic E-state index is 13.0. The summed E-state index contributed by atoms with van der Waals surface area (Å²) in [6.07, 6.45) is 1.45. The van der Waals surface area contributed by atoms with Crippen molar-refractivity contribution in [3.63, 3.8) is 0 Å². The second kappa shape index (κ2) is 3.24. The largest absolute Gasteiger partial charge is 0.507 e. The van der Waals surface area contributed by atoms with E-state index in [4.69, 9.17) is 0 Å². The summed E-state index contributed by atoms with van der Waals surface area (Å²) in [5.41, 5.74) is 0.357. The minimum atomic E-state index is -0.418. The molecule has 1 N–H and O–H groups in total. The van der Waals surface area contributed by atoms with Gasteiger partial charge in [-0.3, -0.25) is 0 Å². The van der Waals surface area contributed by atoms with Crippen LogP contribution in [0, 0.1) is 5.82 Å². The molecule has 2 heterocycles. The molecule has 0 atom stereocenters. The number of phenolic OH excluding ortho intramolecular Hbond substituents is 1. The Labute approximate surface area is 92.8 Å². The van der Waals surface area contributed by atoms with Gasteiger partial charge in [0, 0.05) is 0 Å². The zero-order valence-electron chi connectivity index (χ0n) is 7.83. The fraction of sp³-hybridized carbons (Fsp3) is 0. The van der Waals surface area contributed by atoms with Gasteiger partial charge in [-0.25, -0.2) is 4.39 Å². The van der Waals surface area contributed by atoms with Crippen LogP contribution < -0.4 is 0 Å². The van der Waals surface area contributed by atoms with Gasteiger partial charge in [0.1, 0.15) is 17.9 Å². The monoisotopic (exact) mass is 236 g/mol. The lowest BCUT2D eigenvalue weighted by atomic mass is 10.2. The summed E-state index contributed by atoms with van der Waals surface area (Å²) in [6.45, 7) is 0. The van der Waals surface area contributed by atoms with Gasteiger partial charge in [-0.15, -0.1) is 10.2 Å². The molecule has 5 nitrogen and oxygen atoms in total. The highest BCUT2D eigenvalue weighted by Crippen LogP contribution is 2.32. The van der Waals surface area contributed by atoms with Gasteiger partial charge in [-0.1, -0.05) is 11.3 Å². The van der Waals surface area contributed by atoms with E-state index in [0.29, 0.717) is 15.5 Å². The van der Waals surface area contributed by atoms with Crippen LogP contribution >= 0.6 is 11.3 Å². The number of benzene rings is 1. The molecule has 16 heavy (non-hydrogen) atoms. The number of aromatic nitrogens is 4. The van der Waals surface area contributed by atoms with E-state index in [1.165, 1.54) is 40.4 Å². The molecule has 0 aliphatic heterocycles. The van der Waals surface area contributed by atoms with Crippen LogP contribution in [0.15, 0.2) is 24.5 Å². The number of phenols is 1. The van der Waals surface area contributed by atoms with E-state index in [9.17, 15) is 9.50 Å². The molecule has 0 radical (unpaired) electrons. The van der Waals surface area contributed by atoms with Gasteiger partial charge in [-0.05, 0) is 18.2 Å². The summed E-state index contributed by atoms with van der Waals surface area (Å²) >= 11 is 1.23. The van der Waals surface area contributed by atoms with Crippen LogP contribution in [-0.4, -0.2) is 24.9 Å². The van der Waals surface area contributed by atoms with Crippen molar-refractivity contribution in [1.29, 1.82) is 0 Å². The average Bonchev–Trinajstić information content (AvgIpc) is 2.81. The molecular weight excluding hydrogens is 231 g/mol. The van der Waals surface area contributed by atoms with Gasteiger partial charge in [0.15, 0.2) is 5.01 Å². The Morgan fingerprint density at radius 2 is 2.25 bits per heavy atom. The van der Waals surface area contributed by atoms with Crippen molar-refractivity contribution in [1.82, 2.24) is 19.8 Å². The van der Waals surface area contributed by atoms with Gasteiger partial charge in [-0.2, -0.15) is 9.61 Å². The van der Waals surface area contributed by atoms with E-state index in [1.54, 1.807) is 0 Å². The summed E-state index contributed by atoms with van der Waals surface area (Å²) in [6, 6.07) is 3.73. The topological polar surface area (TPSA) is 63.3 Å². The molecule has 0 fully saturated rings. The van der Waals surface area contributed by atoms with Crippen molar-refractivity contribution >= 4 is 16.3 Å². The smallest absolute Gasteiger partial charge is 0.234 e. The third-order valence-corrected chi connectivity index (χ3v) is 3.02. The van der Waals surface area contributed by atoms with E-state index in [-0.39, 0.29) is 5.75 Å². The molecular formula is C9H5FN4OS. The molecule has 2 aromatic heterocycles. The van der Waals surface area contributed by atoms with Gasteiger partial charge in [0.05, 0.1) is 5.56 Å².